The summed E-state index contributed by atoms with van der Waals surface area (Å²) in [5.74, 6) is 0.636. The van der Waals surface area contributed by atoms with Crippen LogP contribution in [0, 0.1) is 5.82 Å². The molecule has 0 radical (unpaired) electrons. The molecule has 3 nitrogen and oxygen atoms in total. The van der Waals surface area contributed by atoms with Gasteiger partial charge in [-0.3, -0.25) is 0 Å². The molecule has 0 aliphatic rings. The van der Waals surface area contributed by atoms with Crippen molar-refractivity contribution in [2.24, 2.45) is 5.73 Å². The fraction of sp³-hybridized carbons (Fsp3) is 0.235. The molecule has 3 rings (SSSR count). The van der Waals surface area contributed by atoms with E-state index in [1.165, 1.54) is 12.1 Å². The Kier molecular flexibility index (Phi) is 3.71. The lowest BCUT2D eigenvalue weighted by molar-refractivity contribution is 0.629. The first kappa shape index (κ1) is 13.8. The summed E-state index contributed by atoms with van der Waals surface area (Å²) in [6.45, 7) is 2.85. The molecule has 0 bridgehead atoms. The molecule has 2 aromatic carbocycles. The van der Waals surface area contributed by atoms with Crippen molar-refractivity contribution in [3.63, 3.8) is 0 Å². The molecule has 0 aliphatic carbocycles. The van der Waals surface area contributed by atoms with Gasteiger partial charge in [0, 0.05) is 25.1 Å². The maximum Gasteiger partial charge on any atom is 0.125 e. The van der Waals surface area contributed by atoms with Gasteiger partial charge in [-0.25, -0.2) is 9.37 Å². The Morgan fingerprint density at radius 1 is 1.19 bits per heavy atom. The molecule has 1 unspecified atom stereocenters. The van der Waals surface area contributed by atoms with Crippen molar-refractivity contribution in [3.05, 3.63) is 65.7 Å². The zero-order valence-electron chi connectivity index (χ0n) is 12.0. The molecule has 0 saturated heterocycles. The van der Waals surface area contributed by atoms with Crippen molar-refractivity contribution in [2.75, 3.05) is 0 Å². The number of nitrogens with two attached hydrogens (primary N) is 1. The molecule has 3 aromatic rings. The molecule has 0 amide bonds. The normalized spacial score (nSPS) is 12.7. The number of imidazole rings is 1. The zero-order valence-corrected chi connectivity index (χ0v) is 12.0. The number of aryl methyl sites for hydroxylation is 1. The van der Waals surface area contributed by atoms with E-state index in [2.05, 4.69) is 16.5 Å². The Hall–Kier alpha value is -2.20. The highest BCUT2D eigenvalue weighted by Crippen LogP contribution is 2.21. The predicted octanol–water partition coefficient (Wildman–Crippen LogP) is 3.44. The van der Waals surface area contributed by atoms with Crippen LogP contribution in [0.4, 0.5) is 4.39 Å². The highest BCUT2D eigenvalue weighted by molar-refractivity contribution is 5.76. The second kappa shape index (κ2) is 5.66. The molecule has 1 atom stereocenters. The third-order valence-electron chi connectivity index (χ3n) is 3.74. The van der Waals surface area contributed by atoms with E-state index in [4.69, 9.17) is 5.73 Å². The van der Waals surface area contributed by atoms with Gasteiger partial charge in [0.1, 0.15) is 11.6 Å². The van der Waals surface area contributed by atoms with Crippen molar-refractivity contribution in [3.8, 4) is 0 Å². The van der Waals surface area contributed by atoms with E-state index < -0.39 is 0 Å². The Labute approximate surface area is 123 Å². The van der Waals surface area contributed by atoms with Crippen molar-refractivity contribution in [2.45, 2.75) is 25.9 Å². The number of fused-ring (bicyclic) bond motifs is 1. The van der Waals surface area contributed by atoms with Gasteiger partial charge in [0.05, 0.1) is 11.0 Å². The lowest BCUT2D eigenvalue weighted by Gasteiger charge is -2.13. The second-order valence-electron chi connectivity index (χ2n) is 5.13. The number of hydrogen-bond donors (Lipinski definition) is 1. The SMILES string of the molecule is CCn1c(CC(N)c2ccccc2)nc2cc(F)ccc21. The molecule has 4 heteroatoms. The van der Waals surface area contributed by atoms with Crippen LogP contribution in [-0.4, -0.2) is 9.55 Å². The predicted molar refractivity (Wildman–Crippen MR) is 82.4 cm³/mol. The lowest BCUT2D eigenvalue weighted by Crippen LogP contribution is -2.16. The largest absolute Gasteiger partial charge is 0.328 e. The van der Waals surface area contributed by atoms with Crippen molar-refractivity contribution >= 4 is 11.0 Å². The Morgan fingerprint density at radius 3 is 2.67 bits per heavy atom. The molecule has 0 saturated carbocycles. The summed E-state index contributed by atoms with van der Waals surface area (Å²) in [6, 6.07) is 14.6. The van der Waals surface area contributed by atoms with Crippen LogP contribution < -0.4 is 5.73 Å². The van der Waals surface area contributed by atoms with Gasteiger partial charge in [-0.05, 0) is 24.6 Å². The first-order valence-electron chi connectivity index (χ1n) is 7.14. The van der Waals surface area contributed by atoms with Crippen molar-refractivity contribution in [1.82, 2.24) is 9.55 Å². The standard InChI is InChI=1S/C17H18FN3/c1-2-21-16-9-8-13(18)10-15(16)20-17(21)11-14(19)12-6-4-3-5-7-12/h3-10,14H,2,11,19H2,1H3. The van der Waals surface area contributed by atoms with Crippen LogP contribution >= 0.6 is 0 Å². The topological polar surface area (TPSA) is 43.8 Å². The lowest BCUT2D eigenvalue weighted by atomic mass is 10.0. The Balaban J connectivity index is 1.96. The number of aromatic nitrogens is 2. The molecular formula is C17H18FN3. The van der Waals surface area contributed by atoms with E-state index >= 15 is 0 Å². The minimum Gasteiger partial charge on any atom is -0.328 e. The summed E-state index contributed by atoms with van der Waals surface area (Å²) in [5, 5.41) is 0. The van der Waals surface area contributed by atoms with Crippen molar-refractivity contribution < 1.29 is 4.39 Å². The summed E-state index contributed by atoms with van der Waals surface area (Å²) in [5.41, 5.74) is 9.00. The van der Waals surface area contributed by atoms with Gasteiger partial charge in [0.15, 0.2) is 0 Å². The summed E-state index contributed by atoms with van der Waals surface area (Å²) in [4.78, 5) is 4.55. The van der Waals surface area contributed by atoms with Crippen LogP contribution in [0.15, 0.2) is 48.5 Å². The smallest absolute Gasteiger partial charge is 0.125 e. The minimum absolute atomic E-state index is 0.113. The van der Waals surface area contributed by atoms with E-state index in [0.717, 1.165) is 23.4 Å². The van der Waals surface area contributed by atoms with E-state index in [0.29, 0.717) is 11.9 Å². The van der Waals surface area contributed by atoms with Gasteiger partial charge in [-0.15, -0.1) is 0 Å². The van der Waals surface area contributed by atoms with Crippen molar-refractivity contribution in [1.29, 1.82) is 0 Å². The molecule has 1 aromatic heterocycles. The van der Waals surface area contributed by atoms with Gasteiger partial charge in [-0.1, -0.05) is 30.3 Å². The number of halogens is 1. The number of rotatable bonds is 4. The first-order chi connectivity index (χ1) is 10.2. The van der Waals surface area contributed by atoms with Crippen LogP contribution in [0.5, 0.6) is 0 Å². The van der Waals surface area contributed by atoms with Gasteiger partial charge in [-0.2, -0.15) is 0 Å². The minimum atomic E-state index is -0.262. The fourth-order valence-electron chi connectivity index (χ4n) is 2.68. The van der Waals surface area contributed by atoms with Gasteiger partial charge < -0.3 is 10.3 Å². The van der Waals surface area contributed by atoms with E-state index in [1.807, 2.05) is 30.3 Å². The summed E-state index contributed by atoms with van der Waals surface area (Å²) in [6.07, 6.45) is 0.633. The maximum atomic E-state index is 13.3. The van der Waals surface area contributed by atoms with E-state index in [1.54, 1.807) is 6.07 Å². The van der Waals surface area contributed by atoms with Crippen LogP contribution in [0.2, 0.25) is 0 Å². The van der Waals surface area contributed by atoms with Crippen LogP contribution in [-0.2, 0) is 13.0 Å². The third-order valence-corrected chi connectivity index (χ3v) is 3.74. The second-order valence-corrected chi connectivity index (χ2v) is 5.13. The molecule has 0 fully saturated rings. The molecule has 108 valence electrons. The van der Waals surface area contributed by atoms with Crippen LogP contribution in [0.1, 0.15) is 24.4 Å². The summed E-state index contributed by atoms with van der Waals surface area (Å²) in [7, 11) is 0. The highest BCUT2D eigenvalue weighted by atomic mass is 19.1. The molecule has 0 aliphatic heterocycles. The first-order valence-corrected chi connectivity index (χ1v) is 7.14. The van der Waals surface area contributed by atoms with Gasteiger partial charge >= 0.3 is 0 Å². The summed E-state index contributed by atoms with van der Waals surface area (Å²) < 4.78 is 15.4. The third kappa shape index (κ3) is 2.67. The fourth-order valence-corrected chi connectivity index (χ4v) is 2.68. The highest BCUT2D eigenvalue weighted by Gasteiger charge is 2.14. The van der Waals surface area contributed by atoms with E-state index in [9.17, 15) is 4.39 Å². The zero-order chi connectivity index (χ0) is 14.8. The van der Waals surface area contributed by atoms with Gasteiger partial charge in [0.2, 0.25) is 0 Å². The molecule has 21 heavy (non-hydrogen) atoms. The number of nitrogens with zero attached hydrogens (tertiary/aromatic N) is 2. The Bertz CT molecular complexity index is 749. The van der Waals surface area contributed by atoms with Crippen LogP contribution in [0.3, 0.4) is 0 Å². The monoisotopic (exact) mass is 283 g/mol. The average molecular weight is 283 g/mol. The average Bonchev–Trinajstić information content (AvgIpc) is 2.84. The molecule has 2 N–H and O–H groups in total. The molecular weight excluding hydrogens is 265 g/mol. The number of benzene rings is 2. The molecule has 0 spiro atoms. The van der Waals surface area contributed by atoms with E-state index in [-0.39, 0.29) is 11.9 Å². The Morgan fingerprint density at radius 2 is 1.95 bits per heavy atom. The maximum absolute atomic E-state index is 13.3. The number of hydrogen-bond acceptors (Lipinski definition) is 2. The quantitative estimate of drug-likeness (QED) is 0.797. The summed E-state index contributed by atoms with van der Waals surface area (Å²) >= 11 is 0. The molecule has 1 heterocycles. The van der Waals surface area contributed by atoms with Gasteiger partial charge in [0.25, 0.3) is 0 Å². The van der Waals surface area contributed by atoms with Crippen LogP contribution in [0.25, 0.3) is 11.0 Å².